The first-order valence-electron chi connectivity index (χ1n) is 47.4. The van der Waals surface area contributed by atoms with E-state index in [1.165, 1.54) is 74.0 Å². The zero-order valence-corrected chi connectivity index (χ0v) is 80.7. The van der Waals surface area contributed by atoms with Crippen molar-refractivity contribution in [3.8, 4) is 44.5 Å². The highest BCUT2D eigenvalue weighted by atomic mass is 16.3. The maximum atomic E-state index is 13.0. The number of carbonyl (C=O) groups excluding carboxylic acids is 10. The van der Waals surface area contributed by atoms with E-state index in [-0.39, 0.29) is 60.8 Å². The molecule has 716 valence electrons. The van der Waals surface area contributed by atoms with E-state index in [1.807, 2.05) is 160 Å². The number of amides is 4. The fraction of sp³-hybridized carbons (Fsp3) is 0.202. The Morgan fingerprint density at radius 1 is 0.324 bits per heavy atom. The summed E-state index contributed by atoms with van der Waals surface area (Å²) in [5.41, 5.74) is 29.8. The average Bonchev–Trinajstić information content (AvgIpc) is 1.66. The maximum absolute atomic E-state index is 13.0. The van der Waals surface area contributed by atoms with Crippen LogP contribution in [0.5, 0.6) is 0 Å². The summed E-state index contributed by atoms with van der Waals surface area (Å²) in [6.45, 7) is 21.4. The van der Waals surface area contributed by atoms with Crippen LogP contribution in [0.4, 0.5) is 0 Å². The largest absolute Gasteiger partial charge is 0.392 e. The first kappa shape index (κ1) is 102. The Bertz CT molecular complexity index is 7330. The van der Waals surface area contributed by atoms with E-state index in [0.29, 0.717) is 59.0 Å². The number of rotatable bonds is 28. The van der Waals surface area contributed by atoms with Crippen LogP contribution in [0, 0.1) is 11.8 Å². The van der Waals surface area contributed by atoms with E-state index >= 15 is 0 Å². The monoisotopic (exact) mass is 1890 g/mol. The third kappa shape index (κ3) is 28.3. The van der Waals surface area contributed by atoms with Crippen molar-refractivity contribution < 1.29 is 53.1 Å². The first-order valence-corrected chi connectivity index (χ1v) is 47.4. The molecule has 4 amide bonds. The number of hydrogen-bond acceptors (Lipinski definition) is 15. The molecule has 0 saturated heterocycles. The summed E-state index contributed by atoms with van der Waals surface area (Å²) >= 11 is 0. The second-order valence-electron chi connectivity index (χ2n) is 35.9. The van der Waals surface area contributed by atoms with Gasteiger partial charge >= 0.3 is 18.5 Å². The summed E-state index contributed by atoms with van der Waals surface area (Å²) in [4.78, 5) is 118. The zero-order chi connectivity index (χ0) is 100. The fourth-order valence-electron chi connectivity index (χ4n) is 16.5. The molecule has 4 aromatic heterocycles. The highest BCUT2D eigenvalue weighted by Crippen LogP contribution is 2.32. The lowest BCUT2D eigenvalue weighted by Crippen LogP contribution is -2.26. The molecule has 0 unspecified atom stereocenters. The molecule has 1 aliphatic rings. The van der Waals surface area contributed by atoms with Crippen molar-refractivity contribution in [3.05, 3.63) is 431 Å². The van der Waals surface area contributed by atoms with Crippen LogP contribution in [0.25, 0.3) is 88.6 Å². The fourth-order valence-corrected chi connectivity index (χ4v) is 16.5. The number of fused-ring (bicyclic) bond motifs is 4. The number of benzene rings is 14. The number of hydrogen-bond donors (Lipinski definition) is 5. The number of aliphatic hydroxyl groups is 1. The lowest BCUT2D eigenvalue weighted by atomic mass is 9.98. The minimum absolute atomic E-state index is 0.00940. The molecule has 2 atom stereocenters. The molecule has 14 aromatic carbocycles. The van der Waals surface area contributed by atoms with Crippen molar-refractivity contribution in [2.75, 3.05) is 13.1 Å². The van der Waals surface area contributed by atoms with Crippen LogP contribution in [0.1, 0.15) is 190 Å². The van der Waals surface area contributed by atoms with Gasteiger partial charge in [0, 0.05) is 61.5 Å². The molecule has 4 heterocycles. The van der Waals surface area contributed by atoms with E-state index < -0.39 is 0 Å². The molecule has 142 heavy (non-hydrogen) atoms. The minimum Gasteiger partial charge on any atom is -0.392 e. The van der Waals surface area contributed by atoms with Gasteiger partial charge in [0.1, 0.15) is 0 Å². The summed E-state index contributed by atoms with van der Waals surface area (Å²) in [5, 5.41) is 21.9. The van der Waals surface area contributed by atoms with Crippen molar-refractivity contribution in [1.82, 2.24) is 59.5 Å². The number of imidazole rings is 4. The topological polar surface area (TPSA) is 310 Å². The molecule has 0 aliphatic heterocycles. The molecule has 1 aliphatic carbocycles. The lowest BCUT2D eigenvalue weighted by molar-refractivity contribution is -0.193. The van der Waals surface area contributed by atoms with E-state index in [4.69, 9.17) is 28.8 Å². The van der Waals surface area contributed by atoms with Crippen molar-refractivity contribution >= 4 is 86.2 Å². The molecule has 5 N–H and O–H groups in total. The molecule has 1 saturated carbocycles. The summed E-state index contributed by atoms with van der Waals surface area (Å²) in [6.07, 6.45) is 11.6. The van der Waals surface area contributed by atoms with Crippen molar-refractivity contribution in [2.24, 2.45) is 11.8 Å². The Labute approximate surface area is 825 Å². The quantitative estimate of drug-likeness (QED) is 0.0304. The number of nitrogens with one attached hydrogen (secondary N) is 4. The van der Waals surface area contributed by atoms with Gasteiger partial charge in [0.25, 0.3) is 23.6 Å². The van der Waals surface area contributed by atoms with Gasteiger partial charge in [-0.15, -0.1) is 0 Å². The molecule has 0 bridgehead atoms. The number of aliphatic hydroxyl groups excluding tert-OH is 1. The van der Waals surface area contributed by atoms with Gasteiger partial charge in [-0.05, 0) is 224 Å². The molecule has 18 aromatic rings. The van der Waals surface area contributed by atoms with Gasteiger partial charge in [0.2, 0.25) is 0 Å². The van der Waals surface area contributed by atoms with E-state index in [0.717, 1.165) is 110 Å². The Hall–Kier alpha value is -17.1. The van der Waals surface area contributed by atoms with Crippen molar-refractivity contribution in [2.45, 2.75) is 131 Å². The van der Waals surface area contributed by atoms with E-state index in [1.54, 1.807) is 0 Å². The number of nitrogens with zero attached hydrogens (tertiary/aromatic N) is 8. The van der Waals surface area contributed by atoms with Gasteiger partial charge in [0.05, 0.1) is 88.1 Å². The summed E-state index contributed by atoms with van der Waals surface area (Å²) in [7, 11) is 0. The van der Waals surface area contributed by atoms with Gasteiger partial charge in [-0.25, -0.2) is 19.9 Å². The zero-order valence-electron chi connectivity index (χ0n) is 80.7. The lowest BCUT2D eigenvalue weighted by Gasteiger charge is -2.16. The smallest absolute Gasteiger partial charge is 0.373 e. The SMILES string of the molecule is CC(C)CCNC(=O)c1ccc2c(c1)ncn2Cc1ccc(-c2ccccc2)cc1.CC(C)c1cccc([C@H](C)NC(=O)c2ccc3c(c2)ncn3Cc2ccc(-c3ccccc3)cc2)c1.CC(C)c1cccc([C@H](C)NC(=O)c2ccc3c(c2)ncn3Cc2ccc(-c3ccccc3CO)cc2)c1.O=C(NCC1CC1)c1ccc2c(c1)ncn2Cc1ccc(-c2ccccc2)cc1.O=C=O.O=C=O.O=C=O. The second kappa shape index (κ2) is 50.8. The number of aromatic nitrogens is 8. The van der Waals surface area contributed by atoms with Gasteiger partial charge < -0.3 is 44.6 Å². The van der Waals surface area contributed by atoms with Gasteiger partial charge in [-0.3, -0.25) is 19.2 Å². The molecule has 23 nitrogen and oxygen atoms in total. The van der Waals surface area contributed by atoms with Gasteiger partial charge in [-0.1, -0.05) is 302 Å². The third-order valence-electron chi connectivity index (χ3n) is 24.7. The molecular formula is C119H114N12O11. The third-order valence-corrected chi connectivity index (χ3v) is 24.7. The Balaban J connectivity index is 0.000000155. The van der Waals surface area contributed by atoms with Gasteiger partial charge in [-0.2, -0.15) is 28.8 Å². The van der Waals surface area contributed by atoms with Crippen LogP contribution >= 0.6 is 0 Å². The van der Waals surface area contributed by atoms with Crippen LogP contribution in [-0.4, -0.2) is 98.5 Å². The summed E-state index contributed by atoms with van der Waals surface area (Å²) in [6, 6.07) is 113. The van der Waals surface area contributed by atoms with Crippen LogP contribution in [-0.2, 0) is 61.6 Å². The average molecular weight is 1890 g/mol. The predicted molar refractivity (Wildman–Crippen MR) is 553 cm³/mol. The molecule has 0 radical (unpaired) electrons. The normalized spacial score (nSPS) is 11.6. The Morgan fingerprint density at radius 3 is 0.923 bits per heavy atom. The standard InChI is InChI=1S/C33H33N3O2.C32H31N3O.C26H27N3O.C25H23N3O.3CO2/c1-22(2)26-8-6-9-27(17-26)23(3)35-33(38)28-15-16-32-31(18-28)34-21-36(32)19-24-11-13-25(14-12-24)30-10-5-4-7-29(30)20-37;1-22(2)27-10-7-11-28(18-27)23(3)34-32(36)29-16-17-31-30(19-29)33-21-35(31)20-24-12-14-26(15-13-24)25-8-5-4-6-9-25;1-19(2)14-15-27-26(30)23-12-13-25-24(16-23)28-18-29(25)17-20-8-10-22(11-9-20)21-6-4-3-5-7-21;29-25(26-15-18-6-7-18)22-12-13-24-23(14-22)27-17-28(24)16-19-8-10-21(11-9-19)20-4-2-1-3-5-20;3*2-1-3/h4-18,21-23,37H,19-20H2,1-3H3,(H,35,38);4-19,21-23H,20H2,1-3H3,(H,34,36);3-13,16,18-19H,14-15,17H2,1-2H3,(H,27,30);1-5,8-14,17-18H,6-7,15-16H2,(H,26,29);;;/t2*23-;;;;;/m00...../s1. The highest BCUT2D eigenvalue weighted by molar-refractivity contribution is 6.00. The van der Waals surface area contributed by atoms with Crippen molar-refractivity contribution in [3.63, 3.8) is 0 Å². The van der Waals surface area contributed by atoms with Crippen molar-refractivity contribution in [1.29, 1.82) is 0 Å². The minimum atomic E-state index is -0.109. The van der Waals surface area contributed by atoms with Crippen LogP contribution < -0.4 is 21.3 Å². The predicted octanol–water partition coefficient (Wildman–Crippen LogP) is 22.9. The summed E-state index contributed by atoms with van der Waals surface area (Å²) < 4.78 is 8.45. The van der Waals surface area contributed by atoms with Crippen LogP contribution in [0.15, 0.2) is 359 Å². The second-order valence-corrected chi connectivity index (χ2v) is 35.9. The molecule has 23 heteroatoms. The highest BCUT2D eigenvalue weighted by Gasteiger charge is 2.24. The van der Waals surface area contributed by atoms with E-state index in [2.05, 4.69) is 313 Å². The van der Waals surface area contributed by atoms with E-state index in [9.17, 15) is 24.3 Å². The molecule has 1 fully saturated rings. The summed E-state index contributed by atoms with van der Waals surface area (Å²) in [5.74, 6) is 1.89. The van der Waals surface area contributed by atoms with Crippen LogP contribution in [0.3, 0.4) is 0 Å². The molecular weight excluding hydrogens is 1770 g/mol. The molecule has 19 rings (SSSR count). The first-order chi connectivity index (χ1) is 69.0. The Morgan fingerprint density at radius 2 is 0.613 bits per heavy atom. The maximum Gasteiger partial charge on any atom is 0.373 e. The van der Waals surface area contributed by atoms with Gasteiger partial charge in [0.15, 0.2) is 0 Å². The Kier molecular flexibility index (Phi) is 36.6. The molecule has 0 spiro atoms. The van der Waals surface area contributed by atoms with Crippen LogP contribution in [0.2, 0.25) is 0 Å². The number of carbonyl (C=O) groups is 4.